The summed E-state index contributed by atoms with van der Waals surface area (Å²) >= 11 is 0. The van der Waals surface area contributed by atoms with E-state index in [0.29, 0.717) is 0 Å². The molecule has 0 aliphatic carbocycles. The number of halogens is 1. The summed E-state index contributed by atoms with van der Waals surface area (Å²) in [4.78, 5) is 6.80. The number of benzene rings is 1. The standard InChI is InChI=1S/C18H25N3O.HI/c1-19-18(20-10-6-15-8-12-22-13-9-15)21-11-7-16-4-2-3-5-17(16)14-21;/h2-5,8H,6-7,9-14H2,1H3,(H,19,20);1H. The Kier molecular flexibility index (Phi) is 7.36. The molecule has 0 unspecified atom stereocenters. The van der Waals surface area contributed by atoms with E-state index in [-0.39, 0.29) is 24.0 Å². The summed E-state index contributed by atoms with van der Waals surface area (Å²) in [6.45, 7) is 4.56. The van der Waals surface area contributed by atoms with Crippen molar-refractivity contribution in [3.05, 3.63) is 47.0 Å². The minimum Gasteiger partial charge on any atom is -0.377 e. The number of fused-ring (bicyclic) bond motifs is 1. The maximum Gasteiger partial charge on any atom is 0.193 e. The normalized spacial score (nSPS) is 17.9. The lowest BCUT2D eigenvalue weighted by molar-refractivity contribution is 0.153. The summed E-state index contributed by atoms with van der Waals surface area (Å²) in [5.41, 5.74) is 4.39. The molecule has 1 N–H and O–H groups in total. The Balaban J connectivity index is 0.00000192. The van der Waals surface area contributed by atoms with Crippen LogP contribution in [0.2, 0.25) is 0 Å². The van der Waals surface area contributed by atoms with Gasteiger partial charge in [0.15, 0.2) is 5.96 Å². The van der Waals surface area contributed by atoms with Gasteiger partial charge in [-0.15, -0.1) is 24.0 Å². The molecule has 1 aromatic rings. The molecule has 4 nitrogen and oxygen atoms in total. The van der Waals surface area contributed by atoms with Gasteiger partial charge in [0.2, 0.25) is 0 Å². The van der Waals surface area contributed by atoms with Gasteiger partial charge in [0.05, 0.1) is 13.2 Å². The molecule has 3 rings (SSSR count). The first-order valence-corrected chi connectivity index (χ1v) is 8.15. The molecule has 0 aromatic heterocycles. The Bertz CT molecular complexity index is 571. The third-order valence-corrected chi connectivity index (χ3v) is 4.43. The largest absolute Gasteiger partial charge is 0.377 e. The number of ether oxygens (including phenoxy) is 1. The van der Waals surface area contributed by atoms with E-state index in [4.69, 9.17) is 4.74 Å². The van der Waals surface area contributed by atoms with Gasteiger partial charge >= 0.3 is 0 Å². The molecule has 0 bridgehead atoms. The van der Waals surface area contributed by atoms with Crippen molar-refractivity contribution in [1.82, 2.24) is 10.2 Å². The van der Waals surface area contributed by atoms with E-state index in [9.17, 15) is 0 Å². The summed E-state index contributed by atoms with van der Waals surface area (Å²) in [5.74, 6) is 1.02. The first-order chi connectivity index (χ1) is 10.9. The van der Waals surface area contributed by atoms with Crippen molar-refractivity contribution in [3.8, 4) is 0 Å². The fourth-order valence-corrected chi connectivity index (χ4v) is 3.14. The topological polar surface area (TPSA) is 36.9 Å². The zero-order valence-corrected chi connectivity index (χ0v) is 16.1. The van der Waals surface area contributed by atoms with Gasteiger partial charge in [-0.2, -0.15) is 0 Å². The smallest absolute Gasteiger partial charge is 0.193 e. The Labute approximate surface area is 156 Å². The molecule has 0 fully saturated rings. The molecule has 5 heteroatoms. The van der Waals surface area contributed by atoms with Crippen LogP contribution in [0.3, 0.4) is 0 Å². The predicted molar refractivity (Wildman–Crippen MR) is 105 cm³/mol. The Hall–Kier alpha value is -1.08. The maximum absolute atomic E-state index is 5.35. The van der Waals surface area contributed by atoms with Gasteiger partial charge in [-0.25, -0.2) is 0 Å². The van der Waals surface area contributed by atoms with Crippen LogP contribution in [0.4, 0.5) is 0 Å². The molecule has 2 aliphatic rings. The van der Waals surface area contributed by atoms with Crippen LogP contribution in [-0.2, 0) is 17.7 Å². The predicted octanol–water partition coefficient (Wildman–Crippen LogP) is 2.97. The minimum atomic E-state index is 0. The number of nitrogens with zero attached hydrogens (tertiary/aromatic N) is 2. The van der Waals surface area contributed by atoms with Crippen LogP contribution >= 0.6 is 24.0 Å². The highest BCUT2D eigenvalue weighted by Gasteiger charge is 2.18. The van der Waals surface area contributed by atoms with E-state index >= 15 is 0 Å². The molecular weight excluding hydrogens is 401 g/mol. The number of hydrogen-bond donors (Lipinski definition) is 1. The van der Waals surface area contributed by atoms with E-state index in [0.717, 1.165) is 58.1 Å². The second-order valence-corrected chi connectivity index (χ2v) is 5.85. The molecule has 1 aromatic carbocycles. The van der Waals surface area contributed by atoms with Crippen molar-refractivity contribution in [1.29, 1.82) is 0 Å². The van der Waals surface area contributed by atoms with Crippen molar-refractivity contribution >= 4 is 29.9 Å². The molecule has 0 spiro atoms. The van der Waals surface area contributed by atoms with Crippen molar-refractivity contribution < 1.29 is 4.74 Å². The van der Waals surface area contributed by atoms with Gasteiger partial charge in [0, 0.05) is 26.7 Å². The number of nitrogens with one attached hydrogen (secondary N) is 1. The van der Waals surface area contributed by atoms with Crippen molar-refractivity contribution in [2.24, 2.45) is 4.99 Å². The quantitative estimate of drug-likeness (QED) is 0.349. The highest BCUT2D eigenvalue weighted by molar-refractivity contribution is 14.0. The van der Waals surface area contributed by atoms with E-state index in [1.54, 1.807) is 0 Å². The van der Waals surface area contributed by atoms with Gasteiger partial charge in [-0.3, -0.25) is 4.99 Å². The molecule has 0 saturated carbocycles. The van der Waals surface area contributed by atoms with Crippen LogP contribution in [0.25, 0.3) is 0 Å². The van der Waals surface area contributed by atoms with Gasteiger partial charge in [0.1, 0.15) is 0 Å². The third kappa shape index (κ3) is 4.94. The fourth-order valence-electron chi connectivity index (χ4n) is 3.14. The molecule has 126 valence electrons. The minimum absolute atomic E-state index is 0. The molecule has 0 amide bonds. The molecule has 2 aliphatic heterocycles. The second-order valence-electron chi connectivity index (χ2n) is 5.85. The lowest BCUT2D eigenvalue weighted by Gasteiger charge is -2.31. The lowest BCUT2D eigenvalue weighted by Crippen LogP contribution is -2.44. The van der Waals surface area contributed by atoms with Gasteiger partial charge in [-0.05, 0) is 30.4 Å². The molecule has 0 atom stereocenters. The highest BCUT2D eigenvalue weighted by Crippen LogP contribution is 2.18. The summed E-state index contributed by atoms with van der Waals surface area (Å²) in [6.07, 6.45) is 5.45. The monoisotopic (exact) mass is 427 g/mol. The molecule has 23 heavy (non-hydrogen) atoms. The number of aliphatic imine (C=N–C) groups is 1. The number of hydrogen-bond acceptors (Lipinski definition) is 2. The second kappa shape index (κ2) is 9.27. The lowest BCUT2D eigenvalue weighted by atomic mass is 10.0. The first-order valence-electron chi connectivity index (χ1n) is 8.15. The van der Waals surface area contributed by atoms with Crippen LogP contribution < -0.4 is 5.32 Å². The molecule has 0 saturated heterocycles. The van der Waals surface area contributed by atoms with E-state index < -0.39 is 0 Å². The first kappa shape index (κ1) is 18.3. The van der Waals surface area contributed by atoms with Crippen LogP contribution in [0, 0.1) is 0 Å². The average molecular weight is 427 g/mol. The summed E-state index contributed by atoms with van der Waals surface area (Å²) in [6, 6.07) is 8.71. The van der Waals surface area contributed by atoms with Gasteiger partial charge in [0.25, 0.3) is 0 Å². The Morgan fingerprint density at radius 3 is 2.83 bits per heavy atom. The zero-order valence-electron chi connectivity index (χ0n) is 13.8. The molecular formula is C18H26IN3O. The van der Waals surface area contributed by atoms with Crippen molar-refractivity contribution in [2.75, 3.05) is 33.4 Å². The van der Waals surface area contributed by atoms with E-state index in [1.807, 2.05) is 7.05 Å². The van der Waals surface area contributed by atoms with E-state index in [1.165, 1.54) is 16.7 Å². The van der Waals surface area contributed by atoms with Crippen molar-refractivity contribution in [3.63, 3.8) is 0 Å². The zero-order chi connectivity index (χ0) is 15.2. The fraction of sp³-hybridized carbons (Fsp3) is 0.500. The Morgan fingerprint density at radius 2 is 2.09 bits per heavy atom. The number of rotatable bonds is 3. The number of guanidine groups is 1. The highest BCUT2D eigenvalue weighted by atomic mass is 127. The van der Waals surface area contributed by atoms with Crippen LogP contribution in [0.5, 0.6) is 0 Å². The third-order valence-electron chi connectivity index (χ3n) is 4.43. The summed E-state index contributed by atoms with van der Waals surface area (Å²) in [7, 11) is 1.87. The van der Waals surface area contributed by atoms with Crippen LogP contribution in [0.15, 0.2) is 40.9 Å². The van der Waals surface area contributed by atoms with E-state index in [2.05, 4.69) is 45.6 Å². The van der Waals surface area contributed by atoms with Crippen LogP contribution in [-0.4, -0.2) is 44.2 Å². The summed E-state index contributed by atoms with van der Waals surface area (Å²) < 4.78 is 5.35. The van der Waals surface area contributed by atoms with Crippen LogP contribution in [0.1, 0.15) is 24.0 Å². The average Bonchev–Trinajstić information content (AvgIpc) is 2.59. The molecule has 2 heterocycles. The molecule has 0 radical (unpaired) electrons. The summed E-state index contributed by atoms with van der Waals surface area (Å²) in [5, 5.41) is 3.51. The van der Waals surface area contributed by atoms with Gasteiger partial charge in [-0.1, -0.05) is 35.9 Å². The maximum atomic E-state index is 5.35. The Morgan fingerprint density at radius 1 is 1.26 bits per heavy atom. The van der Waals surface area contributed by atoms with Crippen molar-refractivity contribution in [2.45, 2.75) is 25.8 Å². The SMILES string of the molecule is CN=C(NCCC1=CCOCC1)N1CCc2ccccc2C1.I. The van der Waals surface area contributed by atoms with Gasteiger partial charge < -0.3 is 15.0 Å².